The van der Waals surface area contributed by atoms with Crippen LogP contribution in [0.3, 0.4) is 0 Å². The molecule has 6 nitrogen and oxygen atoms in total. The van der Waals surface area contributed by atoms with Gasteiger partial charge in [-0.3, -0.25) is 9.78 Å². The largest absolute Gasteiger partial charge is 0.349 e. The summed E-state index contributed by atoms with van der Waals surface area (Å²) >= 11 is 0. The molecule has 1 saturated heterocycles. The summed E-state index contributed by atoms with van der Waals surface area (Å²) in [6, 6.07) is 10.9. The number of carbonyl (C=O) groups is 1. The van der Waals surface area contributed by atoms with Crippen molar-refractivity contribution in [2.24, 2.45) is 0 Å². The summed E-state index contributed by atoms with van der Waals surface area (Å²) in [5.74, 6) is 0.400. The third-order valence-electron chi connectivity index (χ3n) is 6.31. The fourth-order valence-electron chi connectivity index (χ4n) is 4.50. The number of hydrogen-bond acceptors (Lipinski definition) is 4. The number of amides is 1. The van der Waals surface area contributed by atoms with Gasteiger partial charge < -0.3 is 5.32 Å². The van der Waals surface area contributed by atoms with Gasteiger partial charge in [0, 0.05) is 31.5 Å². The first-order valence-electron chi connectivity index (χ1n) is 10.8. The molecule has 0 atom stereocenters. The molecule has 1 amide bonds. The Kier molecular flexibility index (Phi) is 6.49. The monoisotopic (exact) mass is 427 g/mol. The molecule has 1 aliphatic heterocycles. The highest BCUT2D eigenvalue weighted by Crippen LogP contribution is 2.33. The van der Waals surface area contributed by atoms with E-state index >= 15 is 0 Å². The van der Waals surface area contributed by atoms with Crippen LogP contribution in [0.1, 0.15) is 66.8 Å². The molecular weight excluding hydrogens is 398 g/mol. The summed E-state index contributed by atoms with van der Waals surface area (Å²) < 4.78 is 27.6. The number of benzene rings is 1. The average molecular weight is 428 g/mol. The van der Waals surface area contributed by atoms with Crippen LogP contribution >= 0.6 is 0 Å². The highest BCUT2D eigenvalue weighted by Gasteiger charge is 2.30. The van der Waals surface area contributed by atoms with Gasteiger partial charge in [0.05, 0.1) is 10.5 Å². The molecule has 1 N–H and O–H groups in total. The van der Waals surface area contributed by atoms with Crippen molar-refractivity contribution in [3.63, 3.8) is 0 Å². The van der Waals surface area contributed by atoms with Crippen LogP contribution in [0.4, 0.5) is 0 Å². The molecule has 160 valence electrons. The first kappa shape index (κ1) is 21.0. The number of sulfonamides is 1. The minimum absolute atomic E-state index is 0.0298. The van der Waals surface area contributed by atoms with Gasteiger partial charge >= 0.3 is 0 Å². The molecule has 1 aromatic heterocycles. The number of rotatable bonds is 5. The van der Waals surface area contributed by atoms with Gasteiger partial charge in [0.2, 0.25) is 10.0 Å². The van der Waals surface area contributed by atoms with E-state index < -0.39 is 10.0 Å². The lowest BCUT2D eigenvalue weighted by molar-refractivity contribution is 0.0923. The molecule has 1 aromatic carbocycles. The van der Waals surface area contributed by atoms with E-state index in [1.54, 1.807) is 30.5 Å². The van der Waals surface area contributed by atoms with E-state index in [1.807, 2.05) is 12.1 Å². The molecule has 2 aliphatic rings. The van der Waals surface area contributed by atoms with Crippen LogP contribution in [-0.2, 0) is 10.0 Å². The SMILES string of the molecule is O=C(NC1CCN(S(=O)(=O)c2ccc(C3CCCCC3)cc2)CC1)c1cccnc1. The molecule has 0 spiro atoms. The van der Waals surface area contributed by atoms with Crippen molar-refractivity contribution in [1.29, 1.82) is 0 Å². The zero-order valence-corrected chi connectivity index (χ0v) is 18.0. The maximum atomic E-state index is 13.1. The normalized spacial score (nSPS) is 19.5. The van der Waals surface area contributed by atoms with Crippen molar-refractivity contribution in [2.45, 2.75) is 61.8 Å². The van der Waals surface area contributed by atoms with E-state index in [1.165, 1.54) is 48.2 Å². The molecule has 2 heterocycles. The molecule has 2 aromatic rings. The molecule has 2 fully saturated rings. The van der Waals surface area contributed by atoms with Gasteiger partial charge in [0.1, 0.15) is 0 Å². The van der Waals surface area contributed by atoms with Crippen molar-refractivity contribution < 1.29 is 13.2 Å². The molecule has 0 radical (unpaired) electrons. The summed E-state index contributed by atoms with van der Waals surface area (Å²) in [6.45, 7) is 0.815. The summed E-state index contributed by atoms with van der Waals surface area (Å²) in [5.41, 5.74) is 1.77. The minimum atomic E-state index is -3.50. The van der Waals surface area contributed by atoms with Gasteiger partial charge in [-0.05, 0) is 61.4 Å². The Bertz CT molecular complexity index is 947. The Morgan fingerprint density at radius 2 is 1.67 bits per heavy atom. The van der Waals surface area contributed by atoms with Gasteiger partial charge in [-0.1, -0.05) is 31.4 Å². The van der Waals surface area contributed by atoms with Crippen LogP contribution in [0, 0.1) is 0 Å². The number of pyridine rings is 1. The highest BCUT2D eigenvalue weighted by atomic mass is 32.2. The van der Waals surface area contributed by atoms with E-state index in [9.17, 15) is 13.2 Å². The van der Waals surface area contributed by atoms with Crippen LogP contribution in [0.5, 0.6) is 0 Å². The number of nitrogens with one attached hydrogen (secondary N) is 1. The third kappa shape index (κ3) is 4.73. The van der Waals surface area contributed by atoms with Crippen molar-refractivity contribution in [2.75, 3.05) is 13.1 Å². The Hall–Kier alpha value is -2.25. The molecule has 30 heavy (non-hydrogen) atoms. The fourth-order valence-corrected chi connectivity index (χ4v) is 5.97. The first-order chi connectivity index (χ1) is 14.5. The molecule has 0 bridgehead atoms. The van der Waals surface area contributed by atoms with Crippen LogP contribution < -0.4 is 5.32 Å². The molecule has 1 saturated carbocycles. The quantitative estimate of drug-likeness (QED) is 0.789. The van der Waals surface area contributed by atoms with Crippen LogP contribution in [0.15, 0.2) is 53.7 Å². The predicted octanol–water partition coefficient (Wildman–Crippen LogP) is 3.71. The summed E-state index contributed by atoms with van der Waals surface area (Å²) in [6.07, 6.45) is 10.6. The lowest BCUT2D eigenvalue weighted by Gasteiger charge is -2.31. The third-order valence-corrected chi connectivity index (χ3v) is 8.22. The molecular formula is C23H29N3O3S. The lowest BCUT2D eigenvalue weighted by atomic mass is 9.84. The number of nitrogens with zero attached hydrogens (tertiary/aromatic N) is 2. The van der Waals surface area contributed by atoms with E-state index in [4.69, 9.17) is 0 Å². The maximum Gasteiger partial charge on any atom is 0.253 e. The predicted molar refractivity (Wildman–Crippen MR) is 116 cm³/mol. The lowest BCUT2D eigenvalue weighted by Crippen LogP contribution is -2.46. The highest BCUT2D eigenvalue weighted by molar-refractivity contribution is 7.89. The van der Waals surface area contributed by atoms with Gasteiger partial charge in [-0.15, -0.1) is 0 Å². The Morgan fingerprint density at radius 1 is 0.967 bits per heavy atom. The van der Waals surface area contributed by atoms with E-state index in [0.29, 0.717) is 42.3 Å². The average Bonchev–Trinajstić information content (AvgIpc) is 2.81. The van der Waals surface area contributed by atoms with Crippen molar-refractivity contribution in [3.8, 4) is 0 Å². The van der Waals surface area contributed by atoms with Gasteiger partial charge in [0.15, 0.2) is 0 Å². The van der Waals surface area contributed by atoms with E-state index in [2.05, 4.69) is 10.3 Å². The Labute approximate surface area is 178 Å². The van der Waals surface area contributed by atoms with Crippen molar-refractivity contribution >= 4 is 15.9 Å². The number of aromatic nitrogens is 1. The first-order valence-corrected chi connectivity index (χ1v) is 12.3. The Balaban J connectivity index is 1.35. The van der Waals surface area contributed by atoms with E-state index in [0.717, 1.165) is 0 Å². The fraction of sp³-hybridized carbons (Fsp3) is 0.478. The Morgan fingerprint density at radius 3 is 2.30 bits per heavy atom. The second kappa shape index (κ2) is 9.27. The van der Waals surface area contributed by atoms with Crippen molar-refractivity contribution in [1.82, 2.24) is 14.6 Å². The second-order valence-electron chi connectivity index (χ2n) is 8.30. The second-order valence-corrected chi connectivity index (χ2v) is 10.2. The van der Waals surface area contributed by atoms with Crippen LogP contribution in [-0.4, -0.2) is 42.7 Å². The standard InChI is InChI=1S/C23H29N3O3S/c27-23(20-7-4-14-24-17-20)25-21-12-15-26(16-13-21)30(28,29)22-10-8-19(9-11-22)18-5-2-1-3-6-18/h4,7-11,14,17-18,21H,1-3,5-6,12-13,15-16H2,(H,25,27). The summed E-state index contributed by atoms with van der Waals surface area (Å²) in [5, 5.41) is 2.99. The molecule has 7 heteroatoms. The number of piperidine rings is 1. The van der Waals surface area contributed by atoms with Crippen LogP contribution in [0.25, 0.3) is 0 Å². The smallest absolute Gasteiger partial charge is 0.253 e. The summed E-state index contributed by atoms with van der Waals surface area (Å²) in [4.78, 5) is 16.6. The van der Waals surface area contributed by atoms with E-state index in [-0.39, 0.29) is 11.9 Å². The molecule has 1 aliphatic carbocycles. The molecule has 4 rings (SSSR count). The topological polar surface area (TPSA) is 79.4 Å². The van der Waals surface area contributed by atoms with Crippen LogP contribution in [0.2, 0.25) is 0 Å². The summed E-state index contributed by atoms with van der Waals surface area (Å²) in [7, 11) is -3.50. The van der Waals surface area contributed by atoms with Gasteiger partial charge in [-0.2, -0.15) is 4.31 Å². The zero-order valence-electron chi connectivity index (χ0n) is 17.2. The zero-order chi connectivity index (χ0) is 21.0. The number of hydrogen-bond donors (Lipinski definition) is 1. The minimum Gasteiger partial charge on any atom is -0.349 e. The van der Waals surface area contributed by atoms with Gasteiger partial charge in [-0.25, -0.2) is 8.42 Å². The van der Waals surface area contributed by atoms with Gasteiger partial charge in [0.25, 0.3) is 5.91 Å². The number of carbonyl (C=O) groups excluding carboxylic acids is 1. The van der Waals surface area contributed by atoms with Crippen molar-refractivity contribution in [3.05, 3.63) is 59.9 Å². The molecule has 0 unspecified atom stereocenters. The maximum absolute atomic E-state index is 13.1.